The number of nitrogens with two attached hydrogens (primary N) is 1. The zero-order chi connectivity index (χ0) is 30.1. The number of piperidine rings is 2. The summed E-state index contributed by atoms with van der Waals surface area (Å²) in [5.41, 5.74) is 5.88. The van der Waals surface area contributed by atoms with Gasteiger partial charge in [-0.05, 0) is 52.0 Å². The van der Waals surface area contributed by atoms with Gasteiger partial charge in [0.2, 0.25) is 5.91 Å². The molecule has 6 N–H and O–H groups in total. The van der Waals surface area contributed by atoms with Crippen molar-refractivity contribution in [1.29, 1.82) is 0 Å². The molecule has 0 spiro atoms. The normalized spacial score (nSPS) is 32.5. The van der Waals surface area contributed by atoms with Gasteiger partial charge in [-0.2, -0.15) is 0 Å². The predicted molar refractivity (Wildman–Crippen MR) is 153 cm³/mol. The standard InChI is InChI=1S/C28H43N7O7/c1-16-30-12-22(26(38)35(16)34-10-5-18(29)13-34)31-23-14-32(8-6-20(23)27(39)40)24-15-33(9-7-21(24)28(41)42)25(37)17-3-2-4-19(36)11-17/h12,17-21,23-24,31,36H,2-11,13-15,29H2,1H3,(H,39,40)(H,41,42). The maximum atomic E-state index is 13.5. The number of aliphatic hydroxyl groups excluding tert-OH is 1. The molecule has 4 aliphatic rings. The molecule has 42 heavy (non-hydrogen) atoms. The Morgan fingerprint density at radius 2 is 1.71 bits per heavy atom. The highest BCUT2D eigenvalue weighted by Crippen LogP contribution is 2.32. The molecular weight excluding hydrogens is 546 g/mol. The highest BCUT2D eigenvalue weighted by atomic mass is 16.4. The van der Waals surface area contributed by atoms with Crippen LogP contribution in [0.25, 0.3) is 0 Å². The molecule has 3 aliphatic heterocycles. The first-order chi connectivity index (χ1) is 20.0. The molecule has 5 rings (SSSR count). The van der Waals surface area contributed by atoms with E-state index in [4.69, 9.17) is 5.73 Å². The summed E-state index contributed by atoms with van der Waals surface area (Å²) < 4.78 is 1.48. The minimum Gasteiger partial charge on any atom is -0.481 e. The molecule has 14 nitrogen and oxygen atoms in total. The van der Waals surface area contributed by atoms with Gasteiger partial charge in [-0.15, -0.1) is 0 Å². The van der Waals surface area contributed by atoms with Gasteiger partial charge < -0.3 is 36.3 Å². The quantitative estimate of drug-likeness (QED) is 0.268. The number of aryl methyl sites for hydroxylation is 1. The molecule has 1 aromatic heterocycles. The topological polar surface area (TPSA) is 195 Å². The predicted octanol–water partition coefficient (Wildman–Crippen LogP) is -0.739. The second kappa shape index (κ2) is 12.6. The molecule has 14 heteroatoms. The van der Waals surface area contributed by atoms with Crippen molar-refractivity contribution in [2.24, 2.45) is 23.5 Å². The summed E-state index contributed by atoms with van der Waals surface area (Å²) in [7, 11) is 0. The molecule has 4 fully saturated rings. The van der Waals surface area contributed by atoms with Gasteiger partial charge in [0.05, 0.1) is 30.2 Å². The number of carbonyl (C=O) groups excluding carboxylic acids is 1. The molecule has 1 aliphatic carbocycles. The van der Waals surface area contributed by atoms with Gasteiger partial charge in [-0.25, -0.2) is 9.66 Å². The van der Waals surface area contributed by atoms with Crippen LogP contribution in [0.2, 0.25) is 0 Å². The van der Waals surface area contributed by atoms with E-state index in [0.29, 0.717) is 57.7 Å². The largest absolute Gasteiger partial charge is 0.481 e. The van der Waals surface area contributed by atoms with Crippen molar-refractivity contribution in [3.05, 3.63) is 22.4 Å². The molecule has 0 bridgehead atoms. The van der Waals surface area contributed by atoms with Crippen molar-refractivity contribution < 1.29 is 29.7 Å². The van der Waals surface area contributed by atoms with Crippen LogP contribution in [-0.4, -0.2) is 116 Å². The highest BCUT2D eigenvalue weighted by molar-refractivity contribution is 5.80. The number of hydrogen-bond donors (Lipinski definition) is 5. The summed E-state index contributed by atoms with van der Waals surface area (Å²) in [5, 5.41) is 35.2. The lowest BCUT2D eigenvalue weighted by Gasteiger charge is -2.47. The van der Waals surface area contributed by atoms with Gasteiger partial charge in [0.1, 0.15) is 11.5 Å². The van der Waals surface area contributed by atoms with Crippen molar-refractivity contribution in [2.45, 2.75) is 76.1 Å². The van der Waals surface area contributed by atoms with Crippen LogP contribution < -0.4 is 21.6 Å². The van der Waals surface area contributed by atoms with E-state index in [1.54, 1.807) is 11.8 Å². The van der Waals surface area contributed by atoms with Crippen LogP contribution in [0.15, 0.2) is 11.0 Å². The fourth-order valence-electron chi connectivity index (χ4n) is 7.27. The third-order valence-electron chi connectivity index (χ3n) is 9.57. The number of likely N-dealkylation sites (tertiary alicyclic amines) is 2. The SMILES string of the molecule is Cc1ncc(NC2CN(C3CN(C(=O)C4CCCC(O)C4)CCC3C(=O)O)CCC2C(=O)O)c(=O)n1N1CCC(N)C1. The Bertz CT molecular complexity index is 1240. The van der Waals surface area contributed by atoms with Crippen LogP contribution >= 0.6 is 0 Å². The number of rotatable bonds is 7. The minimum atomic E-state index is -0.996. The van der Waals surface area contributed by atoms with E-state index in [9.17, 15) is 34.5 Å². The highest BCUT2D eigenvalue weighted by Gasteiger charge is 2.44. The molecule has 3 saturated heterocycles. The molecule has 7 unspecified atom stereocenters. The molecule has 0 aromatic carbocycles. The number of carboxylic acids is 2. The van der Waals surface area contributed by atoms with Gasteiger partial charge in [0, 0.05) is 50.7 Å². The summed E-state index contributed by atoms with van der Waals surface area (Å²) in [6, 6.07) is -1.24. The number of nitrogens with one attached hydrogen (secondary N) is 1. The lowest BCUT2D eigenvalue weighted by Crippen LogP contribution is -2.61. The summed E-state index contributed by atoms with van der Waals surface area (Å²) in [6.07, 6.45) is 4.82. The lowest BCUT2D eigenvalue weighted by atomic mass is 9.83. The third kappa shape index (κ3) is 6.25. The van der Waals surface area contributed by atoms with Crippen LogP contribution in [0.1, 0.15) is 50.8 Å². The number of nitrogens with zero attached hydrogens (tertiary/aromatic N) is 5. The van der Waals surface area contributed by atoms with Crippen LogP contribution in [-0.2, 0) is 14.4 Å². The zero-order valence-corrected chi connectivity index (χ0v) is 24.1. The molecule has 1 aromatic rings. The van der Waals surface area contributed by atoms with E-state index in [2.05, 4.69) is 10.3 Å². The van der Waals surface area contributed by atoms with E-state index in [1.807, 2.05) is 9.91 Å². The molecule has 1 saturated carbocycles. The first kappa shape index (κ1) is 30.2. The van der Waals surface area contributed by atoms with Crippen LogP contribution in [0.3, 0.4) is 0 Å². The fourth-order valence-corrected chi connectivity index (χ4v) is 7.27. The van der Waals surface area contributed by atoms with Crippen molar-refractivity contribution in [3.63, 3.8) is 0 Å². The number of aromatic nitrogens is 2. The Morgan fingerprint density at radius 3 is 2.38 bits per heavy atom. The van der Waals surface area contributed by atoms with Gasteiger partial charge in [0.15, 0.2) is 0 Å². The molecular formula is C28H43N7O7. The summed E-state index contributed by atoms with van der Waals surface area (Å²) >= 11 is 0. The number of aliphatic hydroxyl groups is 1. The van der Waals surface area contributed by atoms with E-state index in [-0.39, 0.29) is 48.6 Å². The fraction of sp³-hybridized carbons (Fsp3) is 0.750. The molecule has 7 atom stereocenters. The summed E-state index contributed by atoms with van der Waals surface area (Å²) in [5.74, 6) is -3.28. The first-order valence-electron chi connectivity index (χ1n) is 15.1. The third-order valence-corrected chi connectivity index (χ3v) is 9.57. The molecule has 4 heterocycles. The van der Waals surface area contributed by atoms with Gasteiger partial charge in [-0.3, -0.25) is 24.1 Å². The Balaban J connectivity index is 1.36. The van der Waals surface area contributed by atoms with Crippen LogP contribution in [0, 0.1) is 24.7 Å². The Hall–Kier alpha value is -3.23. The molecule has 0 radical (unpaired) electrons. The number of carboxylic acid groups (broad SMARTS) is 2. The van der Waals surface area contributed by atoms with E-state index in [1.165, 1.54) is 10.9 Å². The molecule has 232 valence electrons. The molecule has 1 amide bonds. The Labute approximate surface area is 244 Å². The first-order valence-corrected chi connectivity index (χ1v) is 15.1. The number of anilines is 1. The summed E-state index contributed by atoms with van der Waals surface area (Å²) in [4.78, 5) is 59.5. The van der Waals surface area contributed by atoms with Crippen LogP contribution in [0.4, 0.5) is 5.69 Å². The van der Waals surface area contributed by atoms with Gasteiger partial charge >= 0.3 is 11.9 Å². The lowest BCUT2D eigenvalue weighted by molar-refractivity contribution is -0.153. The van der Waals surface area contributed by atoms with Crippen LogP contribution in [0.5, 0.6) is 0 Å². The number of hydrogen-bond acceptors (Lipinski definition) is 10. The minimum absolute atomic E-state index is 0.0504. The monoisotopic (exact) mass is 589 g/mol. The van der Waals surface area contributed by atoms with Crippen molar-refractivity contribution in [1.82, 2.24) is 19.5 Å². The zero-order valence-electron chi connectivity index (χ0n) is 24.1. The van der Waals surface area contributed by atoms with Gasteiger partial charge in [-0.1, -0.05) is 6.42 Å². The van der Waals surface area contributed by atoms with Crippen molar-refractivity contribution in [3.8, 4) is 0 Å². The summed E-state index contributed by atoms with van der Waals surface area (Å²) in [6.45, 7) is 3.95. The van der Waals surface area contributed by atoms with Gasteiger partial charge in [0.25, 0.3) is 5.56 Å². The smallest absolute Gasteiger partial charge is 0.308 e. The number of carbonyl (C=O) groups is 3. The van der Waals surface area contributed by atoms with E-state index >= 15 is 0 Å². The van der Waals surface area contributed by atoms with Crippen molar-refractivity contribution in [2.75, 3.05) is 49.6 Å². The van der Waals surface area contributed by atoms with E-state index in [0.717, 1.165) is 12.8 Å². The Morgan fingerprint density at radius 1 is 0.976 bits per heavy atom. The average molecular weight is 590 g/mol. The second-order valence-corrected chi connectivity index (χ2v) is 12.4. The van der Waals surface area contributed by atoms with Crippen molar-refractivity contribution >= 4 is 23.5 Å². The second-order valence-electron chi connectivity index (χ2n) is 12.4. The average Bonchev–Trinajstić information content (AvgIpc) is 3.39. The van der Waals surface area contributed by atoms with E-state index < -0.39 is 42.0 Å². The maximum absolute atomic E-state index is 13.5. The Kier molecular flexibility index (Phi) is 9.04. The maximum Gasteiger partial charge on any atom is 0.308 e. The number of aliphatic carboxylic acids is 2. The number of amides is 1.